The van der Waals surface area contributed by atoms with Gasteiger partial charge in [-0.05, 0) is 32.7 Å². The molecule has 3 saturated heterocycles. The summed E-state index contributed by atoms with van der Waals surface area (Å²) in [7, 11) is -1.34. The van der Waals surface area contributed by atoms with Crippen molar-refractivity contribution >= 4 is 28.1 Å². The van der Waals surface area contributed by atoms with Crippen molar-refractivity contribution in [3.05, 3.63) is 0 Å². The predicted octanol–water partition coefficient (Wildman–Crippen LogP) is -0.641. The van der Waals surface area contributed by atoms with Gasteiger partial charge in [-0.3, -0.25) is 4.79 Å². The van der Waals surface area contributed by atoms with E-state index in [0.717, 1.165) is 58.3 Å². The number of piperazine rings is 1. The summed E-state index contributed by atoms with van der Waals surface area (Å²) in [5.74, 6) is -3.69. The van der Waals surface area contributed by atoms with Gasteiger partial charge < -0.3 is 20.0 Å². The van der Waals surface area contributed by atoms with Crippen molar-refractivity contribution in [2.45, 2.75) is 32.1 Å². The number of carboxylic acids is 2. The van der Waals surface area contributed by atoms with Crippen LogP contribution in [-0.2, 0) is 24.6 Å². The van der Waals surface area contributed by atoms with Crippen molar-refractivity contribution in [2.75, 3.05) is 59.4 Å². The highest BCUT2D eigenvalue weighted by molar-refractivity contribution is 7.86. The van der Waals surface area contributed by atoms with Crippen LogP contribution in [0, 0.1) is 5.92 Å². The minimum Gasteiger partial charge on any atom is -0.473 e. The second-order valence-corrected chi connectivity index (χ2v) is 9.83. The number of aliphatic carboxylic acids is 2. The van der Waals surface area contributed by atoms with Gasteiger partial charge in [0, 0.05) is 52.4 Å². The molecule has 0 bridgehead atoms. The van der Waals surface area contributed by atoms with E-state index in [4.69, 9.17) is 19.8 Å². The highest BCUT2D eigenvalue weighted by Crippen LogP contribution is 2.25. The van der Waals surface area contributed by atoms with Gasteiger partial charge in [-0.15, -0.1) is 0 Å². The first-order valence-electron chi connectivity index (χ1n) is 10.3. The molecule has 1 unspecified atom stereocenters. The SMILES string of the molecule is CN1CCN(C(=O)C2CCCN(S(=O)(=O)N3CCCCC3)C2)CC1.O=C(O)C(=O)O. The van der Waals surface area contributed by atoms with E-state index in [1.54, 1.807) is 8.61 Å². The highest BCUT2D eigenvalue weighted by Gasteiger charge is 2.37. The Morgan fingerprint density at radius 3 is 1.83 bits per heavy atom. The number of hydrogen-bond acceptors (Lipinski definition) is 6. The number of carbonyl (C=O) groups excluding carboxylic acids is 1. The number of carboxylic acid groups (broad SMARTS) is 2. The Hall–Kier alpha value is -1.76. The lowest BCUT2D eigenvalue weighted by atomic mass is 9.98. The third-order valence-corrected chi connectivity index (χ3v) is 7.70. The molecular weight excluding hydrogens is 416 g/mol. The summed E-state index contributed by atoms with van der Waals surface area (Å²) in [6.07, 6.45) is 4.57. The Bertz CT molecular complexity index is 704. The molecule has 0 saturated carbocycles. The molecule has 2 N–H and O–H groups in total. The minimum absolute atomic E-state index is 0.140. The second kappa shape index (κ2) is 11.0. The summed E-state index contributed by atoms with van der Waals surface area (Å²) in [5.41, 5.74) is 0. The van der Waals surface area contributed by atoms with Gasteiger partial charge in [0.15, 0.2) is 0 Å². The van der Waals surface area contributed by atoms with E-state index in [1.807, 2.05) is 4.90 Å². The molecule has 11 nitrogen and oxygen atoms in total. The molecule has 3 fully saturated rings. The molecule has 3 aliphatic heterocycles. The number of carbonyl (C=O) groups is 3. The van der Waals surface area contributed by atoms with Gasteiger partial charge >= 0.3 is 11.9 Å². The van der Waals surface area contributed by atoms with Crippen LogP contribution in [0.1, 0.15) is 32.1 Å². The van der Waals surface area contributed by atoms with Gasteiger partial charge in [0.1, 0.15) is 0 Å². The predicted molar refractivity (Wildman–Crippen MR) is 108 cm³/mol. The molecule has 3 aliphatic rings. The van der Waals surface area contributed by atoms with Gasteiger partial charge in [-0.2, -0.15) is 17.0 Å². The minimum atomic E-state index is -3.40. The fourth-order valence-electron chi connectivity index (χ4n) is 3.90. The molecule has 1 amide bonds. The zero-order chi connectivity index (χ0) is 22.3. The van der Waals surface area contributed by atoms with Crippen LogP contribution in [0.2, 0.25) is 0 Å². The molecule has 3 rings (SSSR count). The van der Waals surface area contributed by atoms with Gasteiger partial charge in [0.25, 0.3) is 10.2 Å². The van der Waals surface area contributed by atoms with Gasteiger partial charge in [0.05, 0.1) is 5.92 Å². The third kappa shape index (κ3) is 6.62. The Kier molecular flexibility index (Phi) is 9.01. The summed E-state index contributed by atoms with van der Waals surface area (Å²) < 4.78 is 28.9. The lowest BCUT2D eigenvalue weighted by Gasteiger charge is -2.39. The van der Waals surface area contributed by atoms with E-state index >= 15 is 0 Å². The van der Waals surface area contributed by atoms with Crippen LogP contribution in [0.25, 0.3) is 0 Å². The smallest absolute Gasteiger partial charge is 0.414 e. The van der Waals surface area contributed by atoms with Crippen LogP contribution in [0.5, 0.6) is 0 Å². The summed E-state index contributed by atoms with van der Waals surface area (Å²) in [6.45, 7) is 5.44. The highest BCUT2D eigenvalue weighted by atomic mass is 32.2. The van der Waals surface area contributed by atoms with Crippen LogP contribution in [-0.4, -0.2) is 114 Å². The Morgan fingerprint density at radius 2 is 1.30 bits per heavy atom. The number of likely N-dealkylation sites (N-methyl/N-ethyl adjacent to an activating group) is 1. The molecule has 1 atom stereocenters. The summed E-state index contributed by atoms with van der Waals surface area (Å²) in [4.78, 5) is 35.1. The molecule has 0 aliphatic carbocycles. The fraction of sp³-hybridized carbons (Fsp3) is 0.833. The largest absolute Gasteiger partial charge is 0.473 e. The van der Waals surface area contributed by atoms with Crippen LogP contribution >= 0.6 is 0 Å². The van der Waals surface area contributed by atoms with Crippen molar-refractivity contribution in [1.82, 2.24) is 18.4 Å². The number of rotatable bonds is 3. The van der Waals surface area contributed by atoms with Crippen molar-refractivity contribution in [3.8, 4) is 0 Å². The Morgan fingerprint density at radius 1 is 0.767 bits per heavy atom. The molecule has 0 aromatic rings. The first kappa shape index (κ1) is 24.5. The molecule has 0 radical (unpaired) electrons. The Balaban J connectivity index is 0.000000469. The maximum Gasteiger partial charge on any atom is 0.414 e. The Labute approximate surface area is 177 Å². The maximum atomic E-state index is 12.8. The standard InChI is InChI=1S/C16H30N4O3S.C2H2O4/c1-17-10-12-18(13-11-17)16(21)15-6-5-9-20(14-15)24(22,23)19-7-3-2-4-8-19;3-1(4)2(5)6/h15H,2-14H2,1H3;(H,3,4)(H,5,6). The lowest BCUT2D eigenvalue weighted by molar-refractivity contribution is -0.159. The van der Waals surface area contributed by atoms with E-state index < -0.39 is 22.1 Å². The average Bonchev–Trinajstić information content (AvgIpc) is 2.75. The van der Waals surface area contributed by atoms with Gasteiger partial charge in [-0.1, -0.05) is 6.42 Å². The number of piperidine rings is 2. The van der Waals surface area contributed by atoms with Crippen LogP contribution < -0.4 is 0 Å². The first-order chi connectivity index (χ1) is 14.1. The lowest BCUT2D eigenvalue weighted by Crippen LogP contribution is -2.54. The molecule has 0 aromatic heterocycles. The fourth-order valence-corrected chi connectivity index (χ4v) is 5.67. The summed E-state index contributed by atoms with van der Waals surface area (Å²) in [6, 6.07) is 0. The second-order valence-electron chi connectivity index (χ2n) is 7.90. The van der Waals surface area contributed by atoms with Gasteiger partial charge in [0.2, 0.25) is 5.91 Å². The van der Waals surface area contributed by atoms with Crippen LogP contribution in [0.3, 0.4) is 0 Å². The molecule has 12 heteroatoms. The molecule has 30 heavy (non-hydrogen) atoms. The van der Waals surface area contributed by atoms with Gasteiger partial charge in [-0.25, -0.2) is 9.59 Å². The monoisotopic (exact) mass is 448 g/mol. The summed E-state index contributed by atoms with van der Waals surface area (Å²) >= 11 is 0. The van der Waals surface area contributed by atoms with Crippen LogP contribution in [0.4, 0.5) is 0 Å². The maximum absolute atomic E-state index is 12.8. The first-order valence-corrected chi connectivity index (χ1v) is 11.7. The molecule has 0 spiro atoms. The normalized spacial score (nSPS) is 24.6. The average molecular weight is 449 g/mol. The van der Waals surface area contributed by atoms with E-state index in [0.29, 0.717) is 26.2 Å². The van der Waals surface area contributed by atoms with Crippen LogP contribution in [0.15, 0.2) is 0 Å². The summed E-state index contributed by atoms with van der Waals surface area (Å²) in [5, 5.41) is 14.8. The number of nitrogens with zero attached hydrogens (tertiary/aromatic N) is 4. The molecule has 0 aromatic carbocycles. The molecule has 172 valence electrons. The quantitative estimate of drug-likeness (QED) is 0.544. The van der Waals surface area contributed by atoms with E-state index in [9.17, 15) is 13.2 Å². The zero-order valence-electron chi connectivity index (χ0n) is 17.4. The number of hydrogen-bond donors (Lipinski definition) is 2. The number of amides is 1. The third-order valence-electron chi connectivity index (χ3n) is 5.70. The van der Waals surface area contributed by atoms with Crippen molar-refractivity contribution in [3.63, 3.8) is 0 Å². The topological polar surface area (TPSA) is 139 Å². The van der Waals surface area contributed by atoms with E-state index in [1.165, 1.54) is 0 Å². The van der Waals surface area contributed by atoms with Crippen molar-refractivity contribution in [1.29, 1.82) is 0 Å². The van der Waals surface area contributed by atoms with Crippen molar-refractivity contribution in [2.24, 2.45) is 5.92 Å². The van der Waals surface area contributed by atoms with E-state index in [-0.39, 0.29) is 11.8 Å². The molecule has 3 heterocycles. The zero-order valence-corrected chi connectivity index (χ0v) is 18.2. The van der Waals surface area contributed by atoms with Crippen molar-refractivity contribution < 1.29 is 33.0 Å². The molecular formula is C18H32N4O7S. The van der Waals surface area contributed by atoms with E-state index in [2.05, 4.69) is 11.9 Å².